The molecule has 2 atom stereocenters. The molecule has 7 nitrogen and oxygen atoms in total. The van der Waals surface area contributed by atoms with Gasteiger partial charge < -0.3 is 9.63 Å². The molecule has 2 aromatic rings. The highest BCUT2D eigenvalue weighted by atomic mass is 31.1. The summed E-state index contributed by atoms with van der Waals surface area (Å²) in [5.74, 6) is 0.580. The van der Waals surface area contributed by atoms with Crippen LogP contribution in [0.15, 0.2) is 12.5 Å². The van der Waals surface area contributed by atoms with Crippen LogP contribution >= 0.6 is 8.03 Å². The average molecular weight is 306 g/mol. The predicted octanol–water partition coefficient (Wildman–Crippen LogP) is 1.05. The lowest BCUT2D eigenvalue weighted by molar-refractivity contribution is -0.0399. The molecule has 1 N–H and O–H groups in total. The van der Waals surface area contributed by atoms with E-state index in [2.05, 4.69) is 15.1 Å². The molecule has 0 radical (unpaired) electrons. The number of aromatic nitrogens is 4. The van der Waals surface area contributed by atoms with Gasteiger partial charge in [0.1, 0.15) is 24.6 Å². The van der Waals surface area contributed by atoms with E-state index in [0.717, 1.165) is 0 Å². The van der Waals surface area contributed by atoms with Gasteiger partial charge in [-0.1, -0.05) is 0 Å². The molecule has 2 heterocycles. The van der Waals surface area contributed by atoms with Crippen LogP contribution in [-0.2, 0) is 15.7 Å². The van der Waals surface area contributed by atoms with Gasteiger partial charge in [0.15, 0.2) is 5.65 Å². The number of rotatable bonds is 6. The Morgan fingerprint density at radius 1 is 1.50 bits per heavy atom. The maximum absolute atomic E-state index is 12.9. The summed E-state index contributed by atoms with van der Waals surface area (Å²) in [4.78, 5) is 16.6. The van der Waals surface area contributed by atoms with Gasteiger partial charge in [-0.3, -0.25) is 4.57 Å². The molecule has 20 heavy (non-hydrogen) atoms. The second-order valence-electron chi connectivity index (χ2n) is 4.11. The highest BCUT2D eigenvalue weighted by Crippen LogP contribution is 2.20. The first-order chi connectivity index (χ1) is 9.49. The molecule has 0 bridgehead atoms. The zero-order chi connectivity index (χ0) is 14.7. The summed E-state index contributed by atoms with van der Waals surface area (Å²) in [6.07, 6.45) is -2.24. The third-order valence-corrected chi connectivity index (χ3v) is 3.08. The number of alkyl halides is 2. The van der Waals surface area contributed by atoms with E-state index < -0.39 is 26.9 Å². The number of fused-ring (bicyclic) bond motifs is 1. The van der Waals surface area contributed by atoms with Crippen molar-refractivity contribution >= 4 is 13.7 Å². The van der Waals surface area contributed by atoms with Crippen molar-refractivity contribution in [3.63, 3.8) is 0 Å². The number of nitrogens with zero attached hydrogens (tertiary/aromatic N) is 4. The zero-order valence-corrected chi connectivity index (χ0v) is 11.5. The van der Waals surface area contributed by atoms with Gasteiger partial charge >= 0.3 is 0 Å². The molecular formula is C10H13F2N4O3P. The molecule has 0 aliphatic carbocycles. The molecule has 0 aromatic carbocycles. The topological polar surface area (TPSA) is 89.6 Å². The first-order valence-electron chi connectivity index (χ1n) is 5.74. The van der Waals surface area contributed by atoms with E-state index in [0.29, 0.717) is 17.0 Å². The van der Waals surface area contributed by atoms with E-state index in [1.807, 2.05) is 0 Å². The average Bonchev–Trinajstić information content (AvgIpc) is 2.78. The lowest BCUT2D eigenvalue weighted by atomic mass is 10.1. The van der Waals surface area contributed by atoms with Crippen molar-refractivity contribution in [2.45, 2.75) is 25.9 Å². The van der Waals surface area contributed by atoms with Crippen LogP contribution < -0.4 is 0 Å². The van der Waals surface area contributed by atoms with Crippen molar-refractivity contribution in [1.82, 2.24) is 19.6 Å². The molecule has 0 saturated heterocycles. The molecule has 110 valence electrons. The van der Waals surface area contributed by atoms with E-state index in [1.165, 1.54) is 17.0 Å². The van der Waals surface area contributed by atoms with Gasteiger partial charge in [0.2, 0.25) is 8.03 Å². The summed E-state index contributed by atoms with van der Waals surface area (Å²) in [6, 6.07) is 0. The zero-order valence-electron chi connectivity index (χ0n) is 10.5. The number of halogens is 2. The normalized spacial score (nSPS) is 14.8. The van der Waals surface area contributed by atoms with Gasteiger partial charge in [-0.15, -0.1) is 0 Å². The quantitative estimate of drug-likeness (QED) is 0.802. The highest BCUT2D eigenvalue weighted by molar-refractivity contribution is 7.37. The van der Waals surface area contributed by atoms with Gasteiger partial charge in [0.05, 0.1) is 6.20 Å². The minimum Gasteiger partial charge on any atom is -0.362 e. The second-order valence-corrected chi connectivity index (χ2v) is 5.18. The van der Waals surface area contributed by atoms with Gasteiger partial charge in [-0.05, 0) is 6.92 Å². The van der Waals surface area contributed by atoms with Crippen molar-refractivity contribution < 1.29 is 23.0 Å². The first-order valence-corrected chi connectivity index (χ1v) is 7.31. The van der Waals surface area contributed by atoms with Gasteiger partial charge in [-0.2, -0.15) is 5.10 Å². The first kappa shape index (κ1) is 15.0. The minimum absolute atomic E-state index is 0.146. The molecule has 0 aliphatic rings. The Morgan fingerprint density at radius 2 is 2.25 bits per heavy atom. The van der Waals surface area contributed by atoms with Crippen LogP contribution in [0, 0.1) is 6.92 Å². The maximum atomic E-state index is 12.9. The predicted molar refractivity (Wildman–Crippen MR) is 66.2 cm³/mol. The number of ether oxygens (including phenoxy) is 1. The summed E-state index contributed by atoms with van der Waals surface area (Å²) in [5, 5.41) is 4.01. The summed E-state index contributed by atoms with van der Waals surface area (Å²) >= 11 is 0. The molecule has 0 amide bonds. The fraction of sp³-hybridized carbons (Fsp3) is 0.500. The Bertz CT molecular complexity index is 622. The van der Waals surface area contributed by atoms with Crippen LogP contribution in [0.1, 0.15) is 11.4 Å². The summed E-state index contributed by atoms with van der Waals surface area (Å²) in [6.45, 7) is 1.71. The van der Waals surface area contributed by atoms with Crippen LogP contribution in [0.4, 0.5) is 8.78 Å². The Morgan fingerprint density at radius 3 is 2.90 bits per heavy atom. The molecule has 10 heteroatoms. The van der Waals surface area contributed by atoms with E-state index in [1.54, 1.807) is 6.92 Å². The number of hydrogen-bond acceptors (Lipinski definition) is 5. The second kappa shape index (κ2) is 6.34. The molecule has 0 saturated carbocycles. The van der Waals surface area contributed by atoms with Gasteiger partial charge in [0, 0.05) is 12.0 Å². The number of aryl methyl sites for hydroxylation is 1. The van der Waals surface area contributed by atoms with E-state index in [-0.39, 0.29) is 6.42 Å². The molecule has 2 aromatic heterocycles. The molecule has 1 unspecified atom stereocenters. The summed E-state index contributed by atoms with van der Waals surface area (Å²) in [5.41, 5.74) is 0.891. The van der Waals surface area contributed by atoms with Crippen molar-refractivity contribution in [3.8, 4) is 0 Å². The van der Waals surface area contributed by atoms with Crippen LogP contribution in [0.3, 0.4) is 0 Å². The molecular weight excluding hydrogens is 293 g/mol. The Labute approximate surface area is 113 Å². The van der Waals surface area contributed by atoms with Crippen molar-refractivity contribution in [2.75, 3.05) is 6.35 Å². The van der Waals surface area contributed by atoms with E-state index in [4.69, 9.17) is 9.63 Å². The van der Waals surface area contributed by atoms with E-state index >= 15 is 0 Å². The van der Waals surface area contributed by atoms with Crippen LogP contribution in [0.5, 0.6) is 0 Å². The fourth-order valence-corrected chi connectivity index (χ4v) is 2.09. The largest absolute Gasteiger partial charge is 0.362 e. The molecule has 0 fully saturated rings. The van der Waals surface area contributed by atoms with Crippen LogP contribution in [0.2, 0.25) is 0 Å². The summed E-state index contributed by atoms with van der Waals surface area (Å²) in [7, 11) is -2.94. The monoisotopic (exact) mass is 306 g/mol. The Hall–Kier alpha value is -1.44. The fourth-order valence-electron chi connectivity index (χ4n) is 1.73. The standard InChI is InChI=1S/C10H13F2N4O3P/c1-6-13-4-14-10-7(3-15-16(6)10)2-8(9(11)12)19-5-20(17)18/h3-4,8-9,20H,2,5H2,1H3,(H,17,18)/t8-/m0/s1. The van der Waals surface area contributed by atoms with Crippen molar-refractivity contribution in [2.24, 2.45) is 0 Å². The third kappa shape index (κ3) is 3.36. The highest BCUT2D eigenvalue weighted by Gasteiger charge is 2.24. The van der Waals surface area contributed by atoms with Crippen molar-refractivity contribution in [1.29, 1.82) is 0 Å². The smallest absolute Gasteiger partial charge is 0.264 e. The molecule has 0 aliphatic heterocycles. The maximum Gasteiger partial charge on any atom is 0.264 e. The summed E-state index contributed by atoms with van der Waals surface area (Å²) < 4.78 is 42.5. The van der Waals surface area contributed by atoms with Crippen LogP contribution in [0.25, 0.3) is 5.65 Å². The third-order valence-electron chi connectivity index (χ3n) is 2.67. The van der Waals surface area contributed by atoms with Gasteiger partial charge in [0.25, 0.3) is 6.43 Å². The van der Waals surface area contributed by atoms with Crippen molar-refractivity contribution in [3.05, 3.63) is 23.9 Å². The lowest BCUT2D eigenvalue weighted by Crippen LogP contribution is -2.24. The van der Waals surface area contributed by atoms with E-state index in [9.17, 15) is 13.3 Å². The lowest BCUT2D eigenvalue weighted by Gasteiger charge is -2.15. The van der Waals surface area contributed by atoms with Gasteiger partial charge in [-0.25, -0.2) is 23.3 Å². The Kier molecular flexibility index (Phi) is 4.74. The molecule has 2 rings (SSSR count). The minimum atomic E-state index is -2.94. The Balaban J connectivity index is 2.20. The number of hydrogen-bond donors (Lipinski definition) is 1. The molecule has 0 spiro atoms. The SMILES string of the molecule is Cc1ncnc2c(C[C@H](OC[PH](=O)O)C(F)F)cnn12. The van der Waals surface area contributed by atoms with Crippen LogP contribution in [-0.4, -0.2) is 43.4 Å².